The Morgan fingerprint density at radius 2 is 2.29 bits per heavy atom. The third-order valence-electron chi connectivity index (χ3n) is 2.10. The first kappa shape index (κ1) is 11.9. The number of benzene rings is 1. The fourth-order valence-electron chi connectivity index (χ4n) is 1.32. The van der Waals surface area contributed by atoms with Gasteiger partial charge in [0.15, 0.2) is 0 Å². The van der Waals surface area contributed by atoms with Crippen molar-refractivity contribution in [1.82, 2.24) is 14.8 Å². The van der Waals surface area contributed by atoms with E-state index in [0.29, 0.717) is 17.1 Å². The van der Waals surface area contributed by atoms with Gasteiger partial charge in [-0.25, -0.2) is 14.1 Å². The lowest BCUT2D eigenvalue weighted by atomic mass is 10.2. The van der Waals surface area contributed by atoms with Gasteiger partial charge in [-0.05, 0) is 23.8 Å². The van der Waals surface area contributed by atoms with Crippen LogP contribution >= 0.6 is 23.8 Å². The van der Waals surface area contributed by atoms with Crippen molar-refractivity contribution < 1.29 is 4.39 Å². The third-order valence-corrected chi connectivity index (χ3v) is 2.65. The highest BCUT2D eigenvalue weighted by Crippen LogP contribution is 2.17. The van der Waals surface area contributed by atoms with Crippen LogP contribution in [0, 0.1) is 5.82 Å². The maximum absolute atomic E-state index is 13.0. The van der Waals surface area contributed by atoms with Crippen molar-refractivity contribution in [3.8, 4) is 0 Å². The summed E-state index contributed by atoms with van der Waals surface area (Å²) < 4.78 is 14.5. The van der Waals surface area contributed by atoms with Gasteiger partial charge in [0.2, 0.25) is 5.82 Å². The van der Waals surface area contributed by atoms with Crippen LogP contribution in [0.1, 0.15) is 11.4 Å². The molecule has 0 radical (unpaired) electrons. The Bertz CT molecular complexity index is 569. The van der Waals surface area contributed by atoms with E-state index in [1.165, 1.54) is 29.2 Å². The Labute approximate surface area is 107 Å². The van der Waals surface area contributed by atoms with E-state index in [-0.39, 0.29) is 16.6 Å². The second-order valence-corrected chi connectivity index (χ2v) is 4.21. The molecule has 88 valence electrons. The van der Waals surface area contributed by atoms with E-state index in [9.17, 15) is 4.39 Å². The van der Waals surface area contributed by atoms with Gasteiger partial charge in [0.05, 0.1) is 6.54 Å². The van der Waals surface area contributed by atoms with E-state index in [1.54, 1.807) is 0 Å². The molecule has 17 heavy (non-hydrogen) atoms. The van der Waals surface area contributed by atoms with Crippen LogP contribution in [-0.4, -0.2) is 19.8 Å². The fraction of sp³-hybridized carbons (Fsp3) is 0.100. The first-order valence-corrected chi connectivity index (χ1v) is 5.48. The van der Waals surface area contributed by atoms with Crippen molar-refractivity contribution in [2.24, 2.45) is 5.73 Å². The standard InChI is InChI=1S/C10H8ClFN4S/c11-8-2-1-7(12)3-6(8)4-16-5-14-10(15-16)9(13)17/h1-3,5H,4H2,(H2,13,17). The van der Waals surface area contributed by atoms with Crippen LogP contribution in [-0.2, 0) is 6.54 Å². The van der Waals surface area contributed by atoms with E-state index in [2.05, 4.69) is 10.1 Å². The van der Waals surface area contributed by atoms with Crippen molar-refractivity contribution >= 4 is 28.8 Å². The lowest BCUT2D eigenvalue weighted by molar-refractivity contribution is 0.619. The zero-order valence-corrected chi connectivity index (χ0v) is 10.2. The lowest BCUT2D eigenvalue weighted by Crippen LogP contribution is -2.12. The van der Waals surface area contributed by atoms with Gasteiger partial charge in [-0.15, -0.1) is 5.10 Å². The first-order chi connectivity index (χ1) is 8.06. The first-order valence-electron chi connectivity index (χ1n) is 4.69. The number of hydrogen-bond donors (Lipinski definition) is 1. The number of rotatable bonds is 3. The lowest BCUT2D eigenvalue weighted by Gasteiger charge is -2.03. The molecule has 0 atom stereocenters. The minimum atomic E-state index is -0.348. The molecule has 2 rings (SSSR count). The van der Waals surface area contributed by atoms with Crippen LogP contribution in [0.5, 0.6) is 0 Å². The average Bonchev–Trinajstić information content (AvgIpc) is 2.72. The summed E-state index contributed by atoms with van der Waals surface area (Å²) in [5, 5.41) is 4.51. The molecule has 0 saturated carbocycles. The Morgan fingerprint density at radius 1 is 1.53 bits per heavy atom. The number of thiocarbonyl (C=S) groups is 1. The molecule has 0 spiro atoms. The van der Waals surface area contributed by atoms with E-state index in [4.69, 9.17) is 29.6 Å². The van der Waals surface area contributed by atoms with Gasteiger partial charge in [-0.1, -0.05) is 23.8 Å². The molecule has 0 bridgehead atoms. The molecule has 0 aliphatic rings. The SMILES string of the molecule is NC(=S)c1ncn(Cc2cc(F)ccc2Cl)n1. The van der Waals surface area contributed by atoms with E-state index in [1.807, 2.05) is 0 Å². The van der Waals surface area contributed by atoms with E-state index < -0.39 is 0 Å². The summed E-state index contributed by atoms with van der Waals surface area (Å²) in [4.78, 5) is 4.03. The Hall–Kier alpha value is -1.53. The Morgan fingerprint density at radius 3 is 2.94 bits per heavy atom. The van der Waals surface area contributed by atoms with Gasteiger partial charge < -0.3 is 5.73 Å². The number of aromatic nitrogens is 3. The minimum absolute atomic E-state index is 0.120. The molecule has 0 amide bonds. The van der Waals surface area contributed by atoms with Crippen LogP contribution in [0.25, 0.3) is 0 Å². The zero-order valence-electron chi connectivity index (χ0n) is 8.60. The normalized spacial score (nSPS) is 10.5. The van der Waals surface area contributed by atoms with Crippen LogP contribution in [0.2, 0.25) is 5.02 Å². The molecule has 0 aliphatic heterocycles. The van der Waals surface area contributed by atoms with Gasteiger partial charge in [0, 0.05) is 5.02 Å². The summed E-state index contributed by atoms with van der Waals surface area (Å²) in [5.74, 6) is -0.0633. The number of hydrogen-bond acceptors (Lipinski definition) is 3. The largest absolute Gasteiger partial charge is 0.387 e. The molecular weight excluding hydrogens is 263 g/mol. The van der Waals surface area contributed by atoms with Gasteiger partial charge in [-0.2, -0.15) is 0 Å². The van der Waals surface area contributed by atoms with Gasteiger partial charge in [0.1, 0.15) is 17.1 Å². The van der Waals surface area contributed by atoms with E-state index >= 15 is 0 Å². The second-order valence-electron chi connectivity index (χ2n) is 3.37. The molecule has 7 heteroatoms. The Kier molecular flexibility index (Phi) is 3.35. The highest BCUT2D eigenvalue weighted by molar-refractivity contribution is 7.80. The summed E-state index contributed by atoms with van der Waals surface area (Å²) in [6, 6.07) is 4.15. The van der Waals surface area contributed by atoms with Gasteiger partial charge in [0.25, 0.3) is 0 Å². The number of halogens is 2. The molecule has 2 aromatic rings. The molecule has 1 aromatic heterocycles. The van der Waals surface area contributed by atoms with Gasteiger partial charge in [-0.3, -0.25) is 0 Å². The summed E-state index contributed by atoms with van der Waals surface area (Å²) >= 11 is 10.7. The summed E-state index contributed by atoms with van der Waals surface area (Å²) in [6.45, 7) is 0.312. The van der Waals surface area contributed by atoms with Crippen molar-refractivity contribution in [2.45, 2.75) is 6.54 Å². The average molecular weight is 271 g/mol. The molecule has 0 aliphatic carbocycles. The summed E-state index contributed by atoms with van der Waals surface area (Å²) in [7, 11) is 0. The minimum Gasteiger partial charge on any atom is -0.387 e. The molecule has 0 saturated heterocycles. The third kappa shape index (κ3) is 2.78. The molecular formula is C10H8ClFN4S. The predicted molar refractivity (Wildman–Crippen MR) is 66.4 cm³/mol. The molecule has 0 fully saturated rings. The van der Waals surface area contributed by atoms with Crippen LogP contribution < -0.4 is 5.73 Å². The van der Waals surface area contributed by atoms with Crippen molar-refractivity contribution in [2.75, 3.05) is 0 Å². The fourth-order valence-corrected chi connectivity index (χ4v) is 1.59. The number of nitrogens with two attached hydrogens (primary N) is 1. The molecule has 1 heterocycles. The topological polar surface area (TPSA) is 56.7 Å². The number of nitrogens with zero attached hydrogens (tertiary/aromatic N) is 3. The monoisotopic (exact) mass is 270 g/mol. The Balaban J connectivity index is 2.25. The van der Waals surface area contributed by atoms with Crippen LogP contribution in [0.15, 0.2) is 24.5 Å². The molecule has 1 aromatic carbocycles. The molecule has 0 unspecified atom stereocenters. The smallest absolute Gasteiger partial charge is 0.208 e. The zero-order chi connectivity index (χ0) is 12.4. The second kappa shape index (κ2) is 4.77. The highest BCUT2D eigenvalue weighted by Gasteiger charge is 2.07. The molecule has 2 N–H and O–H groups in total. The van der Waals surface area contributed by atoms with Crippen molar-refractivity contribution in [1.29, 1.82) is 0 Å². The highest BCUT2D eigenvalue weighted by atomic mass is 35.5. The van der Waals surface area contributed by atoms with Crippen molar-refractivity contribution in [3.05, 3.63) is 46.8 Å². The maximum atomic E-state index is 13.0. The van der Waals surface area contributed by atoms with E-state index in [0.717, 1.165) is 0 Å². The van der Waals surface area contributed by atoms with Crippen LogP contribution in [0.3, 0.4) is 0 Å². The maximum Gasteiger partial charge on any atom is 0.208 e. The summed E-state index contributed by atoms with van der Waals surface area (Å²) in [6.07, 6.45) is 1.47. The summed E-state index contributed by atoms with van der Waals surface area (Å²) in [5.41, 5.74) is 6.00. The molecule has 4 nitrogen and oxygen atoms in total. The van der Waals surface area contributed by atoms with Crippen LogP contribution in [0.4, 0.5) is 4.39 Å². The predicted octanol–water partition coefficient (Wildman–Crippen LogP) is 1.75. The van der Waals surface area contributed by atoms with Gasteiger partial charge >= 0.3 is 0 Å². The van der Waals surface area contributed by atoms with Crippen molar-refractivity contribution in [3.63, 3.8) is 0 Å². The quantitative estimate of drug-likeness (QED) is 0.864.